The van der Waals surface area contributed by atoms with Gasteiger partial charge in [0.2, 0.25) is 5.91 Å². The van der Waals surface area contributed by atoms with Crippen LogP contribution in [0, 0.1) is 13.8 Å². The number of rotatable bonds is 5. The van der Waals surface area contributed by atoms with E-state index in [0.29, 0.717) is 17.4 Å². The maximum absolute atomic E-state index is 12.2. The Balaban J connectivity index is 1.76. The van der Waals surface area contributed by atoms with Crippen molar-refractivity contribution < 1.29 is 9.21 Å². The number of amides is 1. The monoisotopic (exact) mass is 342 g/mol. The molecule has 1 amide bonds. The maximum atomic E-state index is 12.2. The number of benzene rings is 1. The molecule has 0 atom stereocenters. The first-order valence-corrected chi connectivity index (χ1v) is 8.31. The van der Waals surface area contributed by atoms with Gasteiger partial charge in [0.15, 0.2) is 11.5 Å². The summed E-state index contributed by atoms with van der Waals surface area (Å²) in [7, 11) is 0. The third-order valence-corrected chi connectivity index (χ3v) is 4.64. The first kappa shape index (κ1) is 16.2. The average molecular weight is 342 g/mol. The van der Waals surface area contributed by atoms with Crippen molar-refractivity contribution in [2.75, 3.05) is 5.73 Å². The van der Waals surface area contributed by atoms with Crippen molar-refractivity contribution in [3.63, 3.8) is 0 Å². The molecule has 0 saturated carbocycles. The summed E-state index contributed by atoms with van der Waals surface area (Å²) in [4.78, 5) is 21.3. The van der Waals surface area contributed by atoms with Crippen molar-refractivity contribution in [3.8, 4) is 11.3 Å². The SMILES string of the molecule is Cc1ccc(-c2nc(N)sc2CC(=O)NCc2cnco2)cc1C. The third-order valence-electron chi connectivity index (χ3n) is 3.76. The van der Waals surface area contributed by atoms with Crippen molar-refractivity contribution in [1.29, 1.82) is 0 Å². The molecule has 7 heteroatoms. The topological polar surface area (TPSA) is 94.0 Å². The molecule has 0 radical (unpaired) electrons. The molecule has 124 valence electrons. The van der Waals surface area contributed by atoms with Gasteiger partial charge in [-0.05, 0) is 31.0 Å². The fourth-order valence-electron chi connectivity index (χ4n) is 2.33. The number of hydrogen-bond acceptors (Lipinski definition) is 6. The Bertz CT molecular complexity index is 856. The van der Waals surface area contributed by atoms with Gasteiger partial charge in [0, 0.05) is 10.4 Å². The number of anilines is 1. The summed E-state index contributed by atoms with van der Waals surface area (Å²) in [6.07, 6.45) is 3.14. The first-order valence-electron chi connectivity index (χ1n) is 7.50. The van der Waals surface area contributed by atoms with Crippen molar-refractivity contribution in [1.82, 2.24) is 15.3 Å². The lowest BCUT2D eigenvalue weighted by Gasteiger charge is -2.06. The van der Waals surface area contributed by atoms with Gasteiger partial charge >= 0.3 is 0 Å². The molecule has 3 N–H and O–H groups in total. The summed E-state index contributed by atoms with van der Waals surface area (Å²) in [6.45, 7) is 4.43. The molecule has 0 saturated heterocycles. The highest BCUT2D eigenvalue weighted by atomic mass is 32.1. The molecule has 0 bridgehead atoms. The maximum Gasteiger partial charge on any atom is 0.225 e. The fourth-order valence-corrected chi connectivity index (χ4v) is 3.18. The van der Waals surface area contributed by atoms with Gasteiger partial charge in [-0.2, -0.15) is 0 Å². The van der Waals surface area contributed by atoms with Gasteiger partial charge < -0.3 is 15.5 Å². The molecule has 0 aliphatic heterocycles. The molecular formula is C17H18N4O2S. The van der Waals surface area contributed by atoms with Crippen LogP contribution in [0.1, 0.15) is 21.8 Å². The molecule has 0 aliphatic rings. The number of hydrogen-bond donors (Lipinski definition) is 2. The lowest BCUT2D eigenvalue weighted by molar-refractivity contribution is -0.120. The molecule has 6 nitrogen and oxygen atoms in total. The van der Waals surface area contributed by atoms with E-state index in [0.717, 1.165) is 16.1 Å². The Morgan fingerprint density at radius 3 is 2.88 bits per heavy atom. The quantitative estimate of drug-likeness (QED) is 0.743. The zero-order chi connectivity index (χ0) is 17.1. The Morgan fingerprint density at radius 1 is 1.33 bits per heavy atom. The number of carbonyl (C=O) groups is 1. The molecular weight excluding hydrogens is 324 g/mol. The number of oxazole rings is 1. The standard InChI is InChI=1S/C17H18N4O2S/c1-10-3-4-12(5-11(10)2)16-14(24-17(18)21-16)6-15(22)20-8-13-7-19-9-23-13/h3-5,7,9H,6,8H2,1-2H3,(H2,18,21)(H,20,22). The molecule has 2 heterocycles. The van der Waals surface area contributed by atoms with Gasteiger partial charge in [-0.25, -0.2) is 9.97 Å². The number of nitrogens with one attached hydrogen (secondary N) is 1. The van der Waals surface area contributed by atoms with Crippen molar-refractivity contribution in [2.24, 2.45) is 0 Å². The summed E-state index contributed by atoms with van der Waals surface area (Å²) in [5, 5.41) is 3.27. The van der Waals surface area contributed by atoms with Crippen LogP contribution in [0.3, 0.4) is 0 Å². The highest BCUT2D eigenvalue weighted by molar-refractivity contribution is 7.15. The largest absolute Gasteiger partial charge is 0.447 e. The molecule has 0 unspecified atom stereocenters. The van der Waals surface area contributed by atoms with E-state index < -0.39 is 0 Å². The van der Waals surface area contributed by atoms with Crippen LogP contribution in [0.15, 0.2) is 35.2 Å². The van der Waals surface area contributed by atoms with Crippen LogP contribution in [-0.2, 0) is 17.8 Å². The average Bonchev–Trinajstić information content (AvgIpc) is 3.18. The van der Waals surface area contributed by atoms with Crippen LogP contribution in [0.5, 0.6) is 0 Å². The van der Waals surface area contributed by atoms with Crippen molar-refractivity contribution in [3.05, 3.63) is 52.6 Å². The second kappa shape index (κ2) is 6.84. The van der Waals surface area contributed by atoms with E-state index in [4.69, 9.17) is 10.2 Å². The molecule has 1 aromatic carbocycles. The van der Waals surface area contributed by atoms with Crippen molar-refractivity contribution >= 4 is 22.4 Å². The first-order chi connectivity index (χ1) is 11.5. The zero-order valence-corrected chi connectivity index (χ0v) is 14.3. The predicted octanol–water partition coefficient (Wildman–Crippen LogP) is 2.86. The van der Waals surface area contributed by atoms with Crippen LogP contribution in [-0.4, -0.2) is 15.9 Å². The number of nitrogens with zero attached hydrogens (tertiary/aromatic N) is 2. The van der Waals surface area contributed by atoms with E-state index in [-0.39, 0.29) is 12.3 Å². The number of aryl methyl sites for hydroxylation is 2. The Kier molecular flexibility index (Phi) is 4.61. The highest BCUT2D eigenvalue weighted by Gasteiger charge is 2.16. The molecule has 3 aromatic rings. The Labute approximate surface area is 143 Å². The summed E-state index contributed by atoms with van der Waals surface area (Å²) in [6, 6.07) is 6.13. The zero-order valence-electron chi connectivity index (χ0n) is 13.5. The number of nitrogens with two attached hydrogens (primary N) is 1. The van der Waals surface area contributed by atoms with Crippen LogP contribution >= 0.6 is 11.3 Å². The van der Waals surface area contributed by atoms with Gasteiger partial charge in [0.1, 0.15) is 5.76 Å². The minimum atomic E-state index is -0.111. The van der Waals surface area contributed by atoms with E-state index >= 15 is 0 Å². The van der Waals surface area contributed by atoms with Crippen LogP contribution < -0.4 is 11.1 Å². The number of carbonyl (C=O) groups excluding carboxylic acids is 1. The summed E-state index contributed by atoms with van der Waals surface area (Å²) < 4.78 is 5.10. The summed E-state index contributed by atoms with van der Waals surface area (Å²) in [5.74, 6) is 0.502. The smallest absolute Gasteiger partial charge is 0.225 e. The van der Waals surface area contributed by atoms with Gasteiger partial charge in [0.25, 0.3) is 0 Å². The second-order valence-corrected chi connectivity index (χ2v) is 6.66. The van der Waals surface area contributed by atoms with E-state index in [1.807, 2.05) is 12.1 Å². The Hall–Kier alpha value is -2.67. The van der Waals surface area contributed by atoms with Gasteiger partial charge in [-0.3, -0.25) is 4.79 Å². The number of nitrogen functional groups attached to an aromatic ring is 1. The summed E-state index contributed by atoms with van der Waals surface area (Å²) in [5.41, 5.74) is 10.0. The highest BCUT2D eigenvalue weighted by Crippen LogP contribution is 2.31. The van der Waals surface area contributed by atoms with E-state index in [1.165, 1.54) is 28.9 Å². The van der Waals surface area contributed by atoms with Crippen LogP contribution in [0.25, 0.3) is 11.3 Å². The minimum absolute atomic E-state index is 0.111. The van der Waals surface area contributed by atoms with E-state index in [1.54, 1.807) is 6.20 Å². The van der Waals surface area contributed by atoms with Crippen molar-refractivity contribution in [2.45, 2.75) is 26.8 Å². The number of aromatic nitrogens is 2. The molecule has 0 aliphatic carbocycles. The molecule has 3 rings (SSSR count). The number of thiazole rings is 1. The van der Waals surface area contributed by atoms with Crippen LogP contribution in [0.2, 0.25) is 0 Å². The third kappa shape index (κ3) is 3.62. The lowest BCUT2D eigenvalue weighted by Crippen LogP contribution is -2.24. The predicted molar refractivity (Wildman–Crippen MR) is 93.5 cm³/mol. The normalized spacial score (nSPS) is 10.8. The lowest BCUT2D eigenvalue weighted by atomic mass is 10.0. The molecule has 0 spiro atoms. The van der Waals surface area contributed by atoms with Gasteiger partial charge in [-0.1, -0.05) is 12.1 Å². The fraction of sp³-hybridized carbons (Fsp3) is 0.235. The van der Waals surface area contributed by atoms with E-state index in [9.17, 15) is 4.79 Å². The summed E-state index contributed by atoms with van der Waals surface area (Å²) >= 11 is 1.34. The molecule has 2 aromatic heterocycles. The second-order valence-electron chi connectivity index (χ2n) is 5.54. The van der Waals surface area contributed by atoms with Crippen LogP contribution in [0.4, 0.5) is 5.13 Å². The Morgan fingerprint density at radius 2 is 2.17 bits per heavy atom. The molecule has 0 fully saturated rings. The van der Waals surface area contributed by atoms with Gasteiger partial charge in [-0.15, -0.1) is 11.3 Å². The molecule has 24 heavy (non-hydrogen) atoms. The van der Waals surface area contributed by atoms with Gasteiger partial charge in [0.05, 0.1) is 24.9 Å². The van der Waals surface area contributed by atoms with E-state index in [2.05, 4.69) is 35.2 Å². The minimum Gasteiger partial charge on any atom is -0.447 e.